The van der Waals surface area contributed by atoms with Crippen LogP contribution in [0.25, 0.3) is 0 Å². The third-order valence-corrected chi connectivity index (χ3v) is 5.73. The minimum absolute atomic E-state index is 0.132. The van der Waals surface area contributed by atoms with Gasteiger partial charge in [-0.15, -0.1) is 0 Å². The van der Waals surface area contributed by atoms with Crippen molar-refractivity contribution in [1.29, 1.82) is 5.26 Å². The summed E-state index contributed by atoms with van der Waals surface area (Å²) >= 11 is 0. The summed E-state index contributed by atoms with van der Waals surface area (Å²) in [6.45, 7) is 1.98. The van der Waals surface area contributed by atoms with Gasteiger partial charge in [0.15, 0.2) is 11.5 Å². The maximum Gasteiger partial charge on any atom is 0.394 e. The van der Waals surface area contributed by atoms with Crippen LogP contribution >= 0.6 is 0 Å². The summed E-state index contributed by atoms with van der Waals surface area (Å²) in [7, 11) is 0. The molecular formula is C20H25F3N8O. The van der Waals surface area contributed by atoms with Crippen molar-refractivity contribution in [2.75, 3.05) is 38.2 Å². The van der Waals surface area contributed by atoms with Crippen LogP contribution in [0.2, 0.25) is 0 Å². The number of hydrazine groups is 1. The zero-order chi connectivity index (χ0) is 22.6. The van der Waals surface area contributed by atoms with Gasteiger partial charge in [0.25, 0.3) is 0 Å². The van der Waals surface area contributed by atoms with E-state index in [0.29, 0.717) is 19.7 Å². The predicted octanol–water partition coefficient (Wildman–Crippen LogP) is 1.51. The van der Waals surface area contributed by atoms with Crippen molar-refractivity contribution in [1.82, 2.24) is 30.2 Å². The van der Waals surface area contributed by atoms with Gasteiger partial charge >= 0.3 is 6.18 Å². The van der Waals surface area contributed by atoms with Crippen LogP contribution < -0.4 is 16.1 Å². The second-order valence-corrected chi connectivity index (χ2v) is 7.87. The van der Waals surface area contributed by atoms with Gasteiger partial charge < -0.3 is 19.9 Å². The molecule has 0 radical (unpaired) electrons. The van der Waals surface area contributed by atoms with E-state index >= 15 is 0 Å². The topological polar surface area (TPSA) is 103 Å². The molecule has 0 bridgehead atoms. The van der Waals surface area contributed by atoms with Gasteiger partial charge in [-0.3, -0.25) is 5.43 Å². The highest BCUT2D eigenvalue weighted by Crippen LogP contribution is 2.38. The lowest BCUT2D eigenvalue weighted by atomic mass is 9.90. The number of alkyl halides is 3. The molecule has 9 nitrogen and oxygen atoms in total. The molecule has 2 aliphatic heterocycles. The summed E-state index contributed by atoms with van der Waals surface area (Å²) in [6.07, 6.45) is 1.55. The lowest BCUT2D eigenvalue weighted by Crippen LogP contribution is -2.59. The number of nitriles is 1. The third-order valence-electron chi connectivity index (χ3n) is 5.73. The summed E-state index contributed by atoms with van der Waals surface area (Å²) in [5.74, 6) is -1.32. The first-order chi connectivity index (χ1) is 15.4. The molecule has 172 valence electrons. The lowest BCUT2D eigenvalue weighted by Gasteiger charge is -2.45. The highest BCUT2D eigenvalue weighted by atomic mass is 19.4. The number of aromatic nitrogens is 3. The molecule has 0 saturated carbocycles. The van der Waals surface area contributed by atoms with Gasteiger partial charge in [-0.05, 0) is 18.6 Å². The largest absolute Gasteiger partial charge is 0.394 e. The standard InChI is InChI=1S/C20H25F3N8O/c21-20(22,23)16-13-31(29-18-12-26-14(8-24)9-28-18)19(30-4-1-2-5-30)7-17(16)27-11-15-10-25-3-6-32-15/h1-2,4-5,9,12,15-17,19,25,27H,3,6-7,10-11,13H2,(H,28,29)/t15-,16?,17?,19?/m1/s1. The van der Waals surface area contributed by atoms with Crippen LogP contribution in [0.15, 0.2) is 36.9 Å². The fourth-order valence-corrected chi connectivity index (χ4v) is 4.11. The highest BCUT2D eigenvalue weighted by molar-refractivity contribution is 5.32. The summed E-state index contributed by atoms with van der Waals surface area (Å²) in [4.78, 5) is 8.04. The zero-order valence-electron chi connectivity index (χ0n) is 17.3. The van der Waals surface area contributed by atoms with Crippen molar-refractivity contribution in [3.05, 3.63) is 42.6 Å². The van der Waals surface area contributed by atoms with Crippen LogP contribution in [0.5, 0.6) is 0 Å². The molecule has 4 rings (SSSR count). The number of halogens is 3. The molecule has 0 aromatic carbocycles. The van der Waals surface area contributed by atoms with E-state index in [0.717, 1.165) is 6.54 Å². The molecule has 0 spiro atoms. The minimum atomic E-state index is -4.39. The summed E-state index contributed by atoms with van der Waals surface area (Å²) in [5.41, 5.74) is 3.10. The Labute approximate surface area is 183 Å². The molecule has 0 aliphatic carbocycles. The van der Waals surface area contributed by atoms with Crippen LogP contribution in [0.4, 0.5) is 19.0 Å². The third kappa shape index (κ3) is 5.36. The van der Waals surface area contributed by atoms with Crippen molar-refractivity contribution in [3.8, 4) is 6.07 Å². The predicted molar refractivity (Wildman–Crippen MR) is 109 cm³/mol. The van der Waals surface area contributed by atoms with E-state index in [4.69, 9.17) is 10.00 Å². The van der Waals surface area contributed by atoms with Gasteiger partial charge in [-0.25, -0.2) is 9.97 Å². The van der Waals surface area contributed by atoms with Gasteiger partial charge in [0.05, 0.1) is 31.0 Å². The molecule has 32 heavy (non-hydrogen) atoms. The van der Waals surface area contributed by atoms with E-state index in [1.54, 1.807) is 0 Å². The maximum absolute atomic E-state index is 14.0. The first-order valence-electron chi connectivity index (χ1n) is 10.4. The van der Waals surface area contributed by atoms with E-state index in [2.05, 4.69) is 26.0 Å². The Kier molecular flexibility index (Phi) is 6.90. The quantitative estimate of drug-likeness (QED) is 0.609. The average molecular weight is 450 g/mol. The van der Waals surface area contributed by atoms with Gasteiger partial charge in [0.2, 0.25) is 0 Å². The zero-order valence-corrected chi connectivity index (χ0v) is 17.3. The number of piperidine rings is 1. The van der Waals surface area contributed by atoms with Gasteiger partial charge in [-0.1, -0.05) is 0 Å². The van der Waals surface area contributed by atoms with E-state index < -0.39 is 18.1 Å². The molecule has 2 saturated heterocycles. The molecule has 2 aliphatic rings. The van der Waals surface area contributed by atoms with E-state index in [-0.39, 0.29) is 36.7 Å². The fraction of sp³-hybridized carbons (Fsp3) is 0.550. The van der Waals surface area contributed by atoms with Crippen LogP contribution in [0, 0.1) is 17.2 Å². The lowest BCUT2D eigenvalue weighted by molar-refractivity contribution is -0.200. The number of anilines is 1. The molecule has 3 N–H and O–H groups in total. The average Bonchev–Trinajstić information content (AvgIpc) is 3.33. The van der Waals surface area contributed by atoms with Crippen molar-refractivity contribution in [2.24, 2.45) is 5.92 Å². The number of hydrogen-bond donors (Lipinski definition) is 3. The molecule has 0 amide bonds. The smallest absolute Gasteiger partial charge is 0.374 e. The second-order valence-electron chi connectivity index (χ2n) is 7.87. The minimum Gasteiger partial charge on any atom is -0.374 e. The van der Waals surface area contributed by atoms with Gasteiger partial charge in [0.1, 0.15) is 12.2 Å². The van der Waals surface area contributed by atoms with Crippen molar-refractivity contribution >= 4 is 5.82 Å². The van der Waals surface area contributed by atoms with Gasteiger partial charge in [0, 0.05) is 44.6 Å². The summed E-state index contributed by atoms with van der Waals surface area (Å²) in [5, 5.41) is 16.7. The number of nitrogens with zero attached hydrogens (tertiary/aromatic N) is 5. The Morgan fingerprint density at radius 1 is 1.25 bits per heavy atom. The molecule has 2 fully saturated rings. The number of hydrogen-bond acceptors (Lipinski definition) is 8. The molecule has 2 aromatic heterocycles. The highest BCUT2D eigenvalue weighted by Gasteiger charge is 2.50. The molecular weight excluding hydrogens is 425 g/mol. The van der Waals surface area contributed by atoms with Crippen LogP contribution in [0.3, 0.4) is 0 Å². The number of nitrogens with one attached hydrogen (secondary N) is 3. The van der Waals surface area contributed by atoms with Gasteiger partial charge in [-0.2, -0.15) is 23.4 Å². The van der Waals surface area contributed by atoms with Crippen molar-refractivity contribution in [2.45, 2.75) is 30.9 Å². The maximum atomic E-state index is 14.0. The van der Waals surface area contributed by atoms with Crippen LogP contribution in [0.1, 0.15) is 18.3 Å². The van der Waals surface area contributed by atoms with E-state index in [9.17, 15) is 13.2 Å². The van der Waals surface area contributed by atoms with Crippen molar-refractivity contribution < 1.29 is 17.9 Å². The van der Waals surface area contributed by atoms with Crippen LogP contribution in [-0.2, 0) is 4.74 Å². The monoisotopic (exact) mass is 450 g/mol. The Bertz CT molecular complexity index is 893. The first-order valence-corrected chi connectivity index (χ1v) is 10.4. The number of morpholine rings is 1. The summed E-state index contributed by atoms with van der Waals surface area (Å²) in [6, 6.07) is 4.76. The normalized spacial score (nSPS) is 27.1. The van der Waals surface area contributed by atoms with Crippen molar-refractivity contribution in [3.63, 3.8) is 0 Å². The molecule has 2 aromatic rings. The first kappa shape index (κ1) is 22.5. The SMILES string of the molecule is N#Cc1cnc(NN2CC(C(F)(F)F)C(NC[C@H]3CNCCO3)CC2n2cccc2)cn1. The summed E-state index contributed by atoms with van der Waals surface area (Å²) < 4.78 is 49.6. The fourth-order valence-electron chi connectivity index (χ4n) is 4.11. The van der Waals surface area contributed by atoms with E-state index in [1.807, 2.05) is 35.2 Å². The Hall–Kier alpha value is -2.72. The second kappa shape index (κ2) is 9.83. The Balaban J connectivity index is 1.53. The Morgan fingerprint density at radius 3 is 2.69 bits per heavy atom. The molecule has 3 unspecified atom stereocenters. The van der Waals surface area contributed by atoms with E-state index in [1.165, 1.54) is 17.4 Å². The Morgan fingerprint density at radius 2 is 2.06 bits per heavy atom. The molecule has 4 heterocycles. The molecule has 4 atom stereocenters. The number of ether oxygens (including phenoxy) is 1. The number of rotatable bonds is 6. The van der Waals surface area contributed by atoms with Crippen LogP contribution in [-0.4, -0.2) is 70.7 Å². The molecule has 12 heteroatoms.